The Hall–Kier alpha value is -1.18. The smallest absolute Gasteiger partial charge is 0.216 e. The standard InChI is InChI=1S/C12H19N3O3S/c1-18-12-7-10(4-6-14-12)8-15-19(16,17)11-3-2-5-13-9-11/h4,6-7,11,13,15H,2-3,5,8-9H2,1H3. The van der Waals surface area contributed by atoms with Crippen LogP contribution in [-0.2, 0) is 16.6 Å². The molecule has 1 aliphatic heterocycles. The van der Waals surface area contributed by atoms with Crippen molar-refractivity contribution in [2.45, 2.75) is 24.6 Å². The molecule has 6 nitrogen and oxygen atoms in total. The second kappa shape index (κ2) is 6.31. The molecule has 1 atom stereocenters. The van der Waals surface area contributed by atoms with Crippen LogP contribution in [0.25, 0.3) is 0 Å². The van der Waals surface area contributed by atoms with Crippen LogP contribution in [0.5, 0.6) is 5.88 Å². The first-order chi connectivity index (χ1) is 9.12. The predicted molar refractivity (Wildman–Crippen MR) is 72.4 cm³/mol. The Morgan fingerprint density at radius 2 is 2.42 bits per heavy atom. The first-order valence-electron chi connectivity index (χ1n) is 6.30. The number of piperidine rings is 1. The SMILES string of the molecule is COc1cc(CNS(=O)(=O)C2CCCNC2)ccn1. The summed E-state index contributed by atoms with van der Waals surface area (Å²) >= 11 is 0. The Bertz CT molecular complexity index is 513. The molecule has 19 heavy (non-hydrogen) atoms. The Morgan fingerprint density at radius 3 is 3.11 bits per heavy atom. The quantitative estimate of drug-likeness (QED) is 0.811. The van der Waals surface area contributed by atoms with Gasteiger partial charge in [-0.2, -0.15) is 0 Å². The minimum absolute atomic E-state index is 0.262. The number of ether oxygens (including phenoxy) is 1. The van der Waals surface area contributed by atoms with Crippen molar-refractivity contribution in [3.05, 3.63) is 23.9 Å². The van der Waals surface area contributed by atoms with E-state index in [1.807, 2.05) is 0 Å². The molecule has 1 aromatic rings. The van der Waals surface area contributed by atoms with Crippen molar-refractivity contribution in [3.8, 4) is 5.88 Å². The third-order valence-electron chi connectivity index (χ3n) is 3.18. The average molecular weight is 285 g/mol. The number of nitrogens with zero attached hydrogens (tertiary/aromatic N) is 1. The summed E-state index contributed by atoms with van der Waals surface area (Å²) in [5.41, 5.74) is 0.833. The van der Waals surface area contributed by atoms with E-state index < -0.39 is 10.0 Å². The third kappa shape index (κ3) is 3.89. The molecule has 1 aliphatic rings. The molecule has 1 unspecified atom stereocenters. The van der Waals surface area contributed by atoms with Gasteiger partial charge in [0, 0.05) is 25.4 Å². The second-order valence-corrected chi connectivity index (χ2v) is 6.59. The van der Waals surface area contributed by atoms with Gasteiger partial charge in [0.15, 0.2) is 0 Å². The van der Waals surface area contributed by atoms with Crippen LogP contribution in [0, 0.1) is 0 Å². The highest BCUT2D eigenvalue weighted by atomic mass is 32.2. The van der Waals surface area contributed by atoms with Crippen LogP contribution in [-0.4, -0.2) is 38.9 Å². The first-order valence-corrected chi connectivity index (χ1v) is 7.84. The Kier molecular flexibility index (Phi) is 4.73. The molecule has 7 heteroatoms. The molecule has 1 saturated heterocycles. The number of hydrogen-bond donors (Lipinski definition) is 2. The molecule has 1 fully saturated rings. The molecule has 0 aliphatic carbocycles. The topological polar surface area (TPSA) is 80.3 Å². The molecule has 0 aromatic carbocycles. The summed E-state index contributed by atoms with van der Waals surface area (Å²) in [6.45, 7) is 1.68. The van der Waals surface area contributed by atoms with Gasteiger partial charge < -0.3 is 10.1 Å². The van der Waals surface area contributed by atoms with E-state index in [1.165, 1.54) is 7.11 Å². The van der Waals surface area contributed by atoms with E-state index in [-0.39, 0.29) is 11.8 Å². The molecule has 1 aromatic heterocycles. The highest BCUT2D eigenvalue weighted by Crippen LogP contribution is 2.12. The average Bonchev–Trinajstić information content (AvgIpc) is 2.46. The number of rotatable bonds is 5. The summed E-state index contributed by atoms with van der Waals surface area (Å²) in [6.07, 6.45) is 3.21. The summed E-state index contributed by atoms with van der Waals surface area (Å²) in [5.74, 6) is 0.482. The van der Waals surface area contributed by atoms with Gasteiger partial charge in [-0.25, -0.2) is 18.1 Å². The Morgan fingerprint density at radius 1 is 1.58 bits per heavy atom. The lowest BCUT2D eigenvalue weighted by Crippen LogP contribution is -2.44. The van der Waals surface area contributed by atoms with Gasteiger partial charge in [0.2, 0.25) is 15.9 Å². The number of hydrogen-bond acceptors (Lipinski definition) is 5. The maximum atomic E-state index is 12.1. The minimum atomic E-state index is -3.27. The number of aromatic nitrogens is 1. The fraction of sp³-hybridized carbons (Fsp3) is 0.583. The van der Waals surface area contributed by atoms with Gasteiger partial charge in [-0.1, -0.05) is 0 Å². The number of methoxy groups -OCH3 is 1. The van der Waals surface area contributed by atoms with Crippen LogP contribution in [0.3, 0.4) is 0 Å². The maximum absolute atomic E-state index is 12.1. The summed E-state index contributed by atoms with van der Waals surface area (Å²) in [7, 11) is -1.74. The zero-order chi connectivity index (χ0) is 13.7. The van der Waals surface area contributed by atoms with Gasteiger partial charge in [0.25, 0.3) is 0 Å². The molecule has 2 rings (SSSR count). The molecule has 2 N–H and O–H groups in total. The van der Waals surface area contributed by atoms with E-state index in [0.717, 1.165) is 18.5 Å². The fourth-order valence-electron chi connectivity index (χ4n) is 2.06. The van der Waals surface area contributed by atoms with Crippen molar-refractivity contribution in [3.63, 3.8) is 0 Å². The molecule has 0 bridgehead atoms. The zero-order valence-electron chi connectivity index (χ0n) is 10.9. The molecular formula is C12H19N3O3S. The van der Waals surface area contributed by atoms with Gasteiger partial charge >= 0.3 is 0 Å². The van der Waals surface area contributed by atoms with Crippen LogP contribution in [0.1, 0.15) is 18.4 Å². The van der Waals surface area contributed by atoms with Gasteiger partial charge in [-0.05, 0) is 31.0 Å². The van der Waals surface area contributed by atoms with E-state index >= 15 is 0 Å². The summed E-state index contributed by atoms with van der Waals surface area (Å²) in [5, 5.41) is 2.77. The third-order valence-corrected chi connectivity index (χ3v) is 5.00. The molecule has 0 radical (unpaired) electrons. The number of sulfonamides is 1. The van der Waals surface area contributed by atoms with Crippen molar-refractivity contribution in [1.82, 2.24) is 15.0 Å². The Balaban J connectivity index is 1.96. The van der Waals surface area contributed by atoms with Crippen LogP contribution in [0.4, 0.5) is 0 Å². The molecule has 0 amide bonds. The lowest BCUT2D eigenvalue weighted by Gasteiger charge is -2.23. The lowest BCUT2D eigenvalue weighted by molar-refractivity contribution is 0.397. The highest BCUT2D eigenvalue weighted by Gasteiger charge is 2.26. The number of nitrogens with one attached hydrogen (secondary N) is 2. The minimum Gasteiger partial charge on any atom is -0.481 e. The van der Waals surface area contributed by atoms with Crippen LogP contribution in [0.2, 0.25) is 0 Å². The second-order valence-electron chi connectivity index (χ2n) is 4.54. The predicted octanol–water partition coefficient (Wildman–Crippen LogP) is 0.262. The normalized spacial score (nSPS) is 20.2. The number of pyridine rings is 1. The first kappa shape index (κ1) is 14.2. The lowest BCUT2D eigenvalue weighted by atomic mass is 10.2. The molecule has 0 spiro atoms. The van der Waals surface area contributed by atoms with E-state index in [2.05, 4.69) is 15.0 Å². The maximum Gasteiger partial charge on any atom is 0.216 e. The van der Waals surface area contributed by atoms with E-state index in [0.29, 0.717) is 18.8 Å². The van der Waals surface area contributed by atoms with Crippen LogP contribution in [0.15, 0.2) is 18.3 Å². The van der Waals surface area contributed by atoms with Crippen LogP contribution < -0.4 is 14.8 Å². The fourth-order valence-corrected chi connectivity index (χ4v) is 3.48. The van der Waals surface area contributed by atoms with Crippen molar-refractivity contribution in [2.24, 2.45) is 0 Å². The van der Waals surface area contributed by atoms with Crippen molar-refractivity contribution >= 4 is 10.0 Å². The van der Waals surface area contributed by atoms with Gasteiger partial charge in [0.1, 0.15) is 0 Å². The van der Waals surface area contributed by atoms with Gasteiger partial charge in [0.05, 0.1) is 12.4 Å². The van der Waals surface area contributed by atoms with E-state index in [9.17, 15) is 8.42 Å². The van der Waals surface area contributed by atoms with Gasteiger partial charge in [-0.3, -0.25) is 0 Å². The monoisotopic (exact) mass is 285 g/mol. The molecular weight excluding hydrogens is 266 g/mol. The van der Waals surface area contributed by atoms with Crippen molar-refractivity contribution in [2.75, 3.05) is 20.2 Å². The van der Waals surface area contributed by atoms with E-state index in [4.69, 9.17) is 4.74 Å². The Labute approximate surface area is 113 Å². The van der Waals surface area contributed by atoms with Crippen LogP contribution >= 0.6 is 0 Å². The summed E-state index contributed by atoms with van der Waals surface area (Å²) in [6, 6.07) is 3.49. The highest BCUT2D eigenvalue weighted by molar-refractivity contribution is 7.90. The molecule has 0 saturated carbocycles. The summed E-state index contributed by atoms with van der Waals surface area (Å²) < 4.78 is 31.9. The zero-order valence-corrected chi connectivity index (χ0v) is 11.7. The van der Waals surface area contributed by atoms with Crippen molar-refractivity contribution in [1.29, 1.82) is 0 Å². The van der Waals surface area contributed by atoms with E-state index in [1.54, 1.807) is 18.3 Å². The largest absolute Gasteiger partial charge is 0.481 e. The molecule has 106 valence electrons. The van der Waals surface area contributed by atoms with Gasteiger partial charge in [-0.15, -0.1) is 0 Å². The summed E-state index contributed by atoms with van der Waals surface area (Å²) in [4.78, 5) is 3.98. The van der Waals surface area contributed by atoms with Crippen molar-refractivity contribution < 1.29 is 13.2 Å². The molecule has 2 heterocycles.